The van der Waals surface area contributed by atoms with Crippen LogP contribution in [0.1, 0.15) is 55.1 Å². The van der Waals surface area contributed by atoms with Crippen LogP contribution in [0.5, 0.6) is 0 Å². The van der Waals surface area contributed by atoms with Crippen LogP contribution < -0.4 is 10.6 Å². The maximum absolute atomic E-state index is 13.8. The number of carbonyl (C=O) groups excluding carboxylic acids is 3. The van der Waals surface area contributed by atoms with Crippen LogP contribution in [0.3, 0.4) is 0 Å². The third-order valence-corrected chi connectivity index (χ3v) is 6.28. The summed E-state index contributed by atoms with van der Waals surface area (Å²) in [6.45, 7) is 9.74. The molecule has 0 spiro atoms. The number of nitrogens with one attached hydrogen (secondary N) is 2. The number of anilines is 2. The summed E-state index contributed by atoms with van der Waals surface area (Å²) in [4.78, 5) is 41.2. The van der Waals surface area contributed by atoms with Crippen LogP contribution in [0.15, 0.2) is 54.6 Å². The number of benzene rings is 3. The van der Waals surface area contributed by atoms with Gasteiger partial charge in [-0.25, -0.2) is 9.59 Å². The van der Waals surface area contributed by atoms with Gasteiger partial charge in [-0.2, -0.15) is 0 Å². The zero-order chi connectivity index (χ0) is 26.0. The number of rotatable bonds is 4. The Bertz CT molecular complexity index is 1310. The molecule has 188 valence electrons. The molecule has 1 aliphatic rings. The van der Waals surface area contributed by atoms with E-state index in [2.05, 4.69) is 10.6 Å². The largest absolute Gasteiger partial charge is 0.458 e. The Morgan fingerprint density at radius 2 is 1.56 bits per heavy atom. The zero-order valence-corrected chi connectivity index (χ0v) is 21.5. The molecule has 1 heterocycles. The highest BCUT2D eigenvalue weighted by molar-refractivity contribution is 6.10. The van der Waals surface area contributed by atoms with Crippen molar-refractivity contribution in [1.29, 1.82) is 0 Å². The van der Waals surface area contributed by atoms with Crippen molar-refractivity contribution in [2.24, 2.45) is 0 Å². The quantitative estimate of drug-likeness (QED) is 0.439. The molecule has 3 aromatic carbocycles. The molecule has 0 bridgehead atoms. The molecule has 0 aromatic heterocycles. The number of amides is 3. The predicted octanol–water partition coefficient (Wildman–Crippen LogP) is 6.05. The Morgan fingerprint density at radius 1 is 0.917 bits per heavy atom. The molecule has 1 aliphatic heterocycles. The van der Waals surface area contributed by atoms with Crippen LogP contribution in [-0.4, -0.2) is 41.0 Å². The molecule has 36 heavy (non-hydrogen) atoms. The minimum Gasteiger partial charge on any atom is -0.458 e. The normalized spacial score (nSPS) is 15.6. The van der Waals surface area contributed by atoms with Gasteiger partial charge in [0.1, 0.15) is 11.6 Å². The summed E-state index contributed by atoms with van der Waals surface area (Å²) in [5.74, 6) is -0.715. The van der Waals surface area contributed by atoms with E-state index in [9.17, 15) is 14.4 Å². The lowest BCUT2D eigenvalue weighted by Crippen LogP contribution is -2.43. The molecule has 4 rings (SSSR count). The highest BCUT2D eigenvalue weighted by Crippen LogP contribution is 2.30. The molecule has 3 aromatic rings. The molecule has 0 aliphatic carbocycles. The highest BCUT2D eigenvalue weighted by atomic mass is 16.6. The molecule has 3 amide bonds. The van der Waals surface area contributed by atoms with E-state index in [0.29, 0.717) is 30.6 Å². The van der Waals surface area contributed by atoms with Crippen molar-refractivity contribution in [2.45, 2.75) is 59.1 Å². The van der Waals surface area contributed by atoms with E-state index in [-0.39, 0.29) is 5.91 Å². The van der Waals surface area contributed by atoms with Crippen molar-refractivity contribution in [3.05, 3.63) is 71.3 Å². The number of ether oxygens (including phenoxy) is 1. The van der Waals surface area contributed by atoms with Crippen molar-refractivity contribution in [3.63, 3.8) is 0 Å². The van der Waals surface area contributed by atoms with Gasteiger partial charge < -0.3 is 20.3 Å². The number of likely N-dealkylation sites (tertiary alicyclic amines) is 1. The SMILES string of the molecule is Cc1cccc(C)c1NC(=O)Nc1cc2ccccc2cc1C(=O)N1CCC[C@H]1C(=O)OC(C)(C)C. The molecular weight excluding hydrogens is 454 g/mol. The van der Waals surface area contributed by atoms with Gasteiger partial charge in [0.15, 0.2) is 0 Å². The average Bonchev–Trinajstić information content (AvgIpc) is 3.30. The minimum atomic E-state index is -0.653. The predicted molar refractivity (Wildman–Crippen MR) is 142 cm³/mol. The topological polar surface area (TPSA) is 87.7 Å². The summed E-state index contributed by atoms with van der Waals surface area (Å²) < 4.78 is 5.58. The van der Waals surface area contributed by atoms with E-state index in [4.69, 9.17) is 4.74 Å². The van der Waals surface area contributed by atoms with Gasteiger partial charge in [-0.1, -0.05) is 42.5 Å². The third-order valence-electron chi connectivity index (χ3n) is 6.28. The number of aryl methyl sites for hydroxylation is 2. The van der Waals surface area contributed by atoms with Crippen molar-refractivity contribution < 1.29 is 19.1 Å². The number of carbonyl (C=O) groups is 3. The second-order valence-corrected chi connectivity index (χ2v) is 10.3. The summed E-state index contributed by atoms with van der Waals surface area (Å²) in [5, 5.41) is 7.55. The monoisotopic (exact) mass is 487 g/mol. The van der Waals surface area contributed by atoms with Gasteiger partial charge in [0.2, 0.25) is 0 Å². The van der Waals surface area contributed by atoms with E-state index in [1.54, 1.807) is 17.0 Å². The number of hydrogen-bond donors (Lipinski definition) is 2. The summed E-state index contributed by atoms with van der Waals surface area (Å²) in [5.41, 5.74) is 2.69. The molecule has 1 fully saturated rings. The Morgan fingerprint density at radius 3 is 2.19 bits per heavy atom. The fourth-order valence-electron chi connectivity index (χ4n) is 4.58. The lowest BCUT2D eigenvalue weighted by atomic mass is 10.0. The van der Waals surface area contributed by atoms with Crippen LogP contribution in [0.4, 0.5) is 16.2 Å². The number of urea groups is 1. The van der Waals surface area contributed by atoms with Crippen molar-refractivity contribution in [3.8, 4) is 0 Å². The van der Waals surface area contributed by atoms with Crippen LogP contribution in [0.25, 0.3) is 10.8 Å². The maximum Gasteiger partial charge on any atom is 0.329 e. The summed E-state index contributed by atoms with van der Waals surface area (Å²) in [7, 11) is 0. The van der Waals surface area contributed by atoms with Gasteiger partial charge in [0.25, 0.3) is 5.91 Å². The van der Waals surface area contributed by atoms with Gasteiger partial charge in [-0.3, -0.25) is 4.79 Å². The van der Waals surface area contributed by atoms with Crippen molar-refractivity contribution in [2.75, 3.05) is 17.2 Å². The average molecular weight is 488 g/mol. The standard InChI is InChI=1S/C29H33N3O4/c1-18-10-8-11-19(2)25(18)31-28(35)30-23-17-21-13-7-6-12-20(21)16-22(23)26(33)32-15-9-14-24(32)27(34)36-29(3,4)5/h6-8,10-13,16-17,24H,9,14-15H2,1-5H3,(H2,30,31,35)/t24-/m0/s1. The first-order valence-electron chi connectivity index (χ1n) is 12.2. The second-order valence-electron chi connectivity index (χ2n) is 10.3. The summed E-state index contributed by atoms with van der Waals surface area (Å²) in [6, 6.07) is 15.9. The molecule has 1 atom stereocenters. The summed E-state index contributed by atoms with van der Waals surface area (Å²) >= 11 is 0. The lowest BCUT2D eigenvalue weighted by molar-refractivity contribution is -0.159. The number of esters is 1. The molecule has 0 unspecified atom stereocenters. The number of para-hydroxylation sites is 1. The molecule has 7 nitrogen and oxygen atoms in total. The van der Waals surface area contributed by atoms with Crippen LogP contribution in [-0.2, 0) is 9.53 Å². The lowest BCUT2D eigenvalue weighted by Gasteiger charge is -2.28. The first kappa shape index (κ1) is 25.2. The van der Waals surface area contributed by atoms with E-state index in [1.165, 1.54) is 0 Å². The first-order chi connectivity index (χ1) is 17.0. The second kappa shape index (κ2) is 10.0. The van der Waals surface area contributed by atoms with Gasteiger partial charge in [0.05, 0.1) is 11.3 Å². The van der Waals surface area contributed by atoms with E-state index < -0.39 is 23.6 Å². The van der Waals surface area contributed by atoms with E-state index >= 15 is 0 Å². The third kappa shape index (κ3) is 5.51. The molecule has 1 saturated heterocycles. The molecule has 2 N–H and O–H groups in total. The Hall–Kier alpha value is -3.87. The highest BCUT2D eigenvalue weighted by Gasteiger charge is 2.38. The van der Waals surface area contributed by atoms with Gasteiger partial charge >= 0.3 is 12.0 Å². The van der Waals surface area contributed by atoms with E-state index in [1.807, 2.05) is 77.1 Å². The fourth-order valence-corrected chi connectivity index (χ4v) is 4.58. The van der Waals surface area contributed by atoms with Crippen LogP contribution in [0, 0.1) is 13.8 Å². The Labute approximate surface area is 211 Å². The smallest absolute Gasteiger partial charge is 0.329 e. The Balaban J connectivity index is 1.66. The molecule has 0 radical (unpaired) electrons. The van der Waals surface area contributed by atoms with Crippen molar-refractivity contribution in [1.82, 2.24) is 4.90 Å². The Kier molecular flexibility index (Phi) is 7.02. The first-order valence-corrected chi connectivity index (χ1v) is 12.2. The fraction of sp³-hybridized carbons (Fsp3) is 0.345. The zero-order valence-electron chi connectivity index (χ0n) is 21.5. The molecule has 0 saturated carbocycles. The van der Waals surface area contributed by atoms with Crippen LogP contribution in [0.2, 0.25) is 0 Å². The molecular formula is C29H33N3O4. The van der Waals surface area contributed by atoms with Gasteiger partial charge in [-0.05, 0) is 81.5 Å². The van der Waals surface area contributed by atoms with Gasteiger partial charge in [-0.15, -0.1) is 0 Å². The van der Waals surface area contributed by atoms with Gasteiger partial charge in [0, 0.05) is 12.2 Å². The number of nitrogens with zero attached hydrogens (tertiary/aromatic N) is 1. The number of fused-ring (bicyclic) bond motifs is 1. The van der Waals surface area contributed by atoms with Crippen LogP contribution >= 0.6 is 0 Å². The minimum absolute atomic E-state index is 0.309. The van der Waals surface area contributed by atoms with Crippen molar-refractivity contribution >= 4 is 40.1 Å². The number of hydrogen-bond acceptors (Lipinski definition) is 4. The maximum atomic E-state index is 13.8. The van der Waals surface area contributed by atoms with E-state index in [0.717, 1.165) is 27.6 Å². The molecule has 7 heteroatoms. The summed E-state index contributed by atoms with van der Waals surface area (Å²) in [6.07, 6.45) is 1.25.